The van der Waals surface area contributed by atoms with Gasteiger partial charge in [0.15, 0.2) is 5.82 Å². The maximum atomic E-state index is 12.7. The van der Waals surface area contributed by atoms with Gasteiger partial charge in [0.05, 0.1) is 18.3 Å². The van der Waals surface area contributed by atoms with Crippen molar-refractivity contribution in [2.24, 2.45) is 5.10 Å². The van der Waals surface area contributed by atoms with Crippen LogP contribution in [0.3, 0.4) is 0 Å². The van der Waals surface area contributed by atoms with E-state index in [1.54, 1.807) is 24.2 Å². The lowest BCUT2D eigenvalue weighted by Gasteiger charge is -2.19. The van der Waals surface area contributed by atoms with Crippen molar-refractivity contribution in [1.82, 2.24) is 15.0 Å². The third kappa shape index (κ3) is 4.19. The molecule has 1 aliphatic rings. The maximum Gasteiger partial charge on any atom is 0.393 e. The number of halogens is 3. The van der Waals surface area contributed by atoms with Crippen molar-refractivity contribution in [1.29, 1.82) is 0 Å². The highest BCUT2D eigenvalue weighted by atomic mass is 19.4. The summed E-state index contributed by atoms with van der Waals surface area (Å²) >= 11 is 0. The largest absolute Gasteiger partial charge is 0.444 e. The topological polar surface area (TPSA) is 76.6 Å². The van der Waals surface area contributed by atoms with E-state index in [0.29, 0.717) is 22.8 Å². The van der Waals surface area contributed by atoms with Crippen molar-refractivity contribution in [3.63, 3.8) is 0 Å². The number of ether oxygens (including phenoxy) is 1. The minimum Gasteiger partial charge on any atom is -0.444 e. The van der Waals surface area contributed by atoms with Crippen LogP contribution in [0.5, 0.6) is 0 Å². The molecular weight excluding hydrogens is 395 g/mol. The molecule has 2 N–H and O–H groups in total. The smallest absolute Gasteiger partial charge is 0.393 e. The Balaban J connectivity index is 1.63. The summed E-state index contributed by atoms with van der Waals surface area (Å²) in [6.45, 7) is 0. The van der Waals surface area contributed by atoms with Crippen LogP contribution in [0.25, 0.3) is 11.3 Å². The molecule has 0 saturated carbocycles. The van der Waals surface area contributed by atoms with Gasteiger partial charge in [0, 0.05) is 18.2 Å². The molecule has 6 nitrogen and oxygen atoms in total. The predicted molar refractivity (Wildman–Crippen MR) is 106 cm³/mol. The van der Waals surface area contributed by atoms with Gasteiger partial charge in [-0.05, 0) is 23.8 Å². The average Bonchev–Trinajstić information content (AvgIpc) is 3.09. The standard InChI is InChI=1S/C21H18F3N5O/c1-29-20(30-19(28-29)14-7-3-2-4-8-14)17-18(25)26-12-16(27-17)15-9-5-6-13(10-15)11-21(22,23)24/h2-10,12,20H,11H2,1H3,(H2,25,26). The van der Waals surface area contributed by atoms with Crippen LogP contribution in [0.15, 0.2) is 65.9 Å². The maximum absolute atomic E-state index is 12.7. The molecule has 1 atom stereocenters. The van der Waals surface area contributed by atoms with Gasteiger partial charge in [0.25, 0.3) is 0 Å². The van der Waals surface area contributed by atoms with Gasteiger partial charge in [0.2, 0.25) is 12.1 Å². The van der Waals surface area contributed by atoms with Gasteiger partial charge in [-0.3, -0.25) is 5.01 Å². The van der Waals surface area contributed by atoms with Gasteiger partial charge in [-0.1, -0.05) is 36.4 Å². The summed E-state index contributed by atoms with van der Waals surface area (Å²) < 4.78 is 44.2. The van der Waals surface area contributed by atoms with Crippen LogP contribution in [0.1, 0.15) is 23.0 Å². The molecule has 154 valence electrons. The monoisotopic (exact) mass is 413 g/mol. The molecule has 1 unspecified atom stereocenters. The van der Waals surface area contributed by atoms with Gasteiger partial charge < -0.3 is 10.5 Å². The highest BCUT2D eigenvalue weighted by molar-refractivity contribution is 5.94. The SMILES string of the molecule is CN1N=C(c2ccccc2)OC1c1nc(-c2cccc(CC(F)(F)F)c2)cnc1N. The Morgan fingerprint density at radius 3 is 2.53 bits per heavy atom. The lowest BCUT2D eigenvalue weighted by molar-refractivity contribution is -0.127. The molecule has 1 aliphatic heterocycles. The fraction of sp³-hybridized carbons (Fsp3) is 0.190. The summed E-state index contributed by atoms with van der Waals surface area (Å²) in [6, 6.07) is 15.5. The first-order valence-corrected chi connectivity index (χ1v) is 9.12. The van der Waals surface area contributed by atoms with Crippen molar-refractivity contribution < 1.29 is 17.9 Å². The Labute approximate surface area is 170 Å². The van der Waals surface area contributed by atoms with E-state index in [1.165, 1.54) is 18.3 Å². The van der Waals surface area contributed by atoms with Crippen LogP contribution in [-0.4, -0.2) is 34.1 Å². The summed E-state index contributed by atoms with van der Waals surface area (Å²) in [5.74, 6) is 0.577. The van der Waals surface area contributed by atoms with Crippen molar-refractivity contribution in [2.75, 3.05) is 12.8 Å². The summed E-state index contributed by atoms with van der Waals surface area (Å²) in [6.07, 6.45) is -4.58. The lowest BCUT2D eigenvalue weighted by Crippen LogP contribution is -2.20. The fourth-order valence-electron chi connectivity index (χ4n) is 3.15. The fourth-order valence-corrected chi connectivity index (χ4v) is 3.15. The highest BCUT2D eigenvalue weighted by Gasteiger charge is 2.31. The minimum absolute atomic E-state index is 0.143. The second-order valence-electron chi connectivity index (χ2n) is 6.83. The Bertz CT molecular complexity index is 1090. The van der Waals surface area contributed by atoms with Crippen LogP contribution < -0.4 is 5.73 Å². The van der Waals surface area contributed by atoms with Gasteiger partial charge in [-0.2, -0.15) is 13.2 Å². The van der Waals surface area contributed by atoms with Crippen LogP contribution >= 0.6 is 0 Å². The Morgan fingerprint density at radius 2 is 1.80 bits per heavy atom. The third-order valence-electron chi connectivity index (χ3n) is 4.52. The van der Waals surface area contributed by atoms with Crippen molar-refractivity contribution in [2.45, 2.75) is 18.8 Å². The predicted octanol–water partition coefficient (Wildman–Crippen LogP) is 4.15. The van der Waals surface area contributed by atoms with Gasteiger partial charge in [-0.25, -0.2) is 9.97 Å². The molecule has 0 bridgehead atoms. The summed E-state index contributed by atoms with van der Waals surface area (Å²) in [5, 5.41) is 5.97. The molecule has 0 fully saturated rings. The van der Waals surface area contributed by atoms with E-state index >= 15 is 0 Å². The zero-order chi connectivity index (χ0) is 21.3. The molecule has 0 saturated heterocycles. The number of benzene rings is 2. The molecule has 0 spiro atoms. The number of nitrogens with two attached hydrogens (primary N) is 1. The zero-order valence-electron chi connectivity index (χ0n) is 16.0. The van der Waals surface area contributed by atoms with Gasteiger partial charge in [0.1, 0.15) is 5.69 Å². The number of hydrogen-bond acceptors (Lipinski definition) is 6. The lowest BCUT2D eigenvalue weighted by atomic mass is 10.1. The van der Waals surface area contributed by atoms with Crippen LogP contribution in [0, 0.1) is 0 Å². The van der Waals surface area contributed by atoms with E-state index in [2.05, 4.69) is 15.1 Å². The molecule has 4 rings (SSSR count). The molecule has 9 heteroatoms. The van der Waals surface area contributed by atoms with Crippen LogP contribution in [0.4, 0.5) is 19.0 Å². The first kappa shape index (κ1) is 19.7. The van der Waals surface area contributed by atoms with Crippen molar-refractivity contribution in [3.05, 3.63) is 77.6 Å². The molecule has 3 aromatic rings. The average molecular weight is 413 g/mol. The second kappa shape index (κ2) is 7.66. The first-order valence-electron chi connectivity index (χ1n) is 9.12. The van der Waals surface area contributed by atoms with Crippen molar-refractivity contribution >= 4 is 11.7 Å². The number of nitrogens with zero attached hydrogens (tertiary/aromatic N) is 4. The highest BCUT2D eigenvalue weighted by Crippen LogP contribution is 2.32. The van der Waals surface area contributed by atoms with E-state index in [-0.39, 0.29) is 11.4 Å². The van der Waals surface area contributed by atoms with Crippen LogP contribution in [-0.2, 0) is 11.2 Å². The van der Waals surface area contributed by atoms with E-state index in [0.717, 1.165) is 5.56 Å². The number of aromatic nitrogens is 2. The normalized spacial score (nSPS) is 16.3. The first-order chi connectivity index (χ1) is 14.3. The summed E-state index contributed by atoms with van der Waals surface area (Å²) in [5.41, 5.74) is 8.21. The number of nitrogen functional groups attached to an aromatic ring is 1. The summed E-state index contributed by atoms with van der Waals surface area (Å²) in [4.78, 5) is 8.70. The van der Waals surface area contributed by atoms with Crippen LogP contribution in [0.2, 0.25) is 0 Å². The number of rotatable bonds is 4. The Hall–Kier alpha value is -3.62. The molecule has 30 heavy (non-hydrogen) atoms. The summed E-state index contributed by atoms with van der Waals surface area (Å²) in [7, 11) is 1.72. The third-order valence-corrected chi connectivity index (χ3v) is 4.52. The molecule has 2 heterocycles. The van der Waals surface area contributed by atoms with E-state index in [4.69, 9.17) is 10.5 Å². The Kier molecular flexibility index (Phi) is 5.03. The Morgan fingerprint density at radius 1 is 1.07 bits per heavy atom. The van der Waals surface area contributed by atoms with E-state index in [9.17, 15) is 13.2 Å². The number of alkyl halides is 3. The van der Waals surface area contributed by atoms with E-state index in [1.807, 2.05) is 30.3 Å². The molecule has 0 aliphatic carbocycles. The number of anilines is 1. The van der Waals surface area contributed by atoms with Crippen molar-refractivity contribution in [3.8, 4) is 11.3 Å². The second-order valence-corrected chi connectivity index (χ2v) is 6.83. The minimum atomic E-state index is -4.29. The van der Waals surface area contributed by atoms with E-state index < -0.39 is 18.8 Å². The molecule has 0 amide bonds. The molecule has 1 aromatic heterocycles. The molecule has 0 radical (unpaired) electrons. The quantitative estimate of drug-likeness (QED) is 0.695. The zero-order valence-corrected chi connectivity index (χ0v) is 16.0. The molecular formula is C21H18F3N5O. The van der Waals surface area contributed by atoms with Gasteiger partial charge in [-0.15, -0.1) is 5.10 Å². The number of hydrogen-bond donors (Lipinski definition) is 1. The number of hydrazone groups is 1. The molecule has 2 aromatic carbocycles. The van der Waals surface area contributed by atoms with Gasteiger partial charge >= 0.3 is 6.18 Å².